The minimum atomic E-state index is 0. The van der Waals surface area contributed by atoms with Crippen LogP contribution in [0.2, 0.25) is 0 Å². The molecule has 2 heterocycles. The van der Waals surface area contributed by atoms with Crippen molar-refractivity contribution in [1.29, 1.82) is 0 Å². The molecule has 96 valence electrons. The summed E-state index contributed by atoms with van der Waals surface area (Å²) in [5, 5.41) is 3.38. The summed E-state index contributed by atoms with van der Waals surface area (Å²) in [4.78, 5) is 9.38. The van der Waals surface area contributed by atoms with Gasteiger partial charge in [-0.3, -0.25) is 0 Å². The summed E-state index contributed by atoms with van der Waals surface area (Å²) in [6.45, 7) is 8.59. The van der Waals surface area contributed by atoms with E-state index in [2.05, 4.69) is 36.1 Å². The average molecular weight is 256 g/mol. The number of nitrogens with zero attached hydrogens (tertiary/aromatic N) is 2. The molecule has 0 atom stereocenters. The fourth-order valence-electron chi connectivity index (χ4n) is 2.54. The Morgan fingerprint density at radius 3 is 2.12 bits per heavy atom. The summed E-state index contributed by atoms with van der Waals surface area (Å²) in [6.07, 6.45) is 3.37. The fraction of sp³-hybridized carbons (Fsp3) is 0.692. The third kappa shape index (κ3) is 3.17. The quantitative estimate of drug-likeness (QED) is 0.883. The van der Waals surface area contributed by atoms with Crippen LogP contribution in [0, 0.1) is 13.8 Å². The van der Waals surface area contributed by atoms with Crippen molar-refractivity contribution in [3.63, 3.8) is 0 Å². The Morgan fingerprint density at radius 1 is 1.12 bits per heavy atom. The summed E-state index contributed by atoms with van der Waals surface area (Å²) in [6, 6.07) is 0. The highest BCUT2D eigenvalue weighted by molar-refractivity contribution is 5.85. The Hall–Kier alpha value is -0.670. The van der Waals surface area contributed by atoms with Crippen molar-refractivity contribution in [3.05, 3.63) is 22.8 Å². The number of hydrogen-bond acceptors (Lipinski definition) is 3. The number of rotatable bonds is 2. The first-order valence-corrected chi connectivity index (χ1v) is 6.27. The van der Waals surface area contributed by atoms with E-state index in [4.69, 9.17) is 0 Å². The molecule has 1 saturated heterocycles. The molecule has 0 unspecified atom stereocenters. The van der Waals surface area contributed by atoms with Gasteiger partial charge in [0.25, 0.3) is 0 Å². The molecule has 0 saturated carbocycles. The van der Waals surface area contributed by atoms with Crippen LogP contribution in [0.3, 0.4) is 0 Å². The number of nitrogens with one attached hydrogen (secondary N) is 1. The minimum absolute atomic E-state index is 0. The average Bonchev–Trinajstić information content (AvgIpc) is 2.30. The lowest BCUT2D eigenvalue weighted by Crippen LogP contribution is -2.27. The lowest BCUT2D eigenvalue weighted by atomic mass is 9.96. The Morgan fingerprint density at radius 2 is 1.65 bits per heavy atom. The first-order chi connectivity index (χ1) is 7.72. The van der Waals surface area contributed by atoms with Gasteiger partial charge in [0.1, 0.15) is 5.82 Å². The van der Waals surface area contributed by atoms with Crippen molar-refractivity contribution in [2.24, 2.45) is 0 Å². The van der Waals surface area contributed by atoms with Gasteiger partial charge in [-0.1, -0.05) is 6.92 Å². The number of piperidine rings is 1. The fourth-order valence-corrected chi connectivity index (χ4v) is 2.54. The number of aryl methyl sites for hydroxylation is 2. The van der Waals surface area contributed by atoms with Crippen molar-refractivity contribution in [2.45, 2.75) is 46.0 Å². The van der Waals surface area contributed by atoms with Gasteiger partial charge >= 0.3 is 0 Å². The van der Waals surface area contributed by atoms with Gasteiger partial charge in [-0.2, -0.15) is 0 Å². The van der Waals surface area contributed by atoms with Gasteiger partial charge in [0, 0.05) is 17.3 Å². The molecule has 1 aromatic heterocycles. The molecule has 1 aliphatic heterocycles. The minimum Gasteiger partial charge on any atom is -0.317 e. The predicted molar refractivity (Wildman–Crippen MR) is 73.0 cm³/mol. The molecule has 0 amide bonds. The Kier molecular flexibility index (Phi) is 5.34. The maximum atomic E-state index is 4.69. The van der Waals surface area contributed by atoms with E-state index < -0.39 is 0 Å². The molecule has 17 heavy (non-hydrogen) atoms. The maximum Gasteiger partial charge on any atom is 0.132 e. The monoisotopic (exact) mass is 255 g/mol. The molecule has 0 aromatic carbocycles. The van der Waals surface area contributed by atoms with Crippen LogP contribution in [0.15, 0.2) is 0 Å². The standard InChI is InChI=1S/C13H21N3.ClH/c1-4-12-9(2)15-13(16-10(12)3)11-5-7-14-8-6-11;/h11,14H,4-8H2,1-3H3;1H. The Labute approximate surface area is 110 Å². The SMILES string of the molecule is CCc1c(C)nc(C2CCNCC2)nc1C.Cl. The van der Waals surface area contributed by atoms with Crippen LogP contribution < -0.4 is 5.32 Å². The summed E-state index contributed by atoms with van der Waals surface area (Å²) < 4.78 is 0. The molecule has 0 radical (unpaired) electrons. The second-order valence-corrected chi connectivity index (χ2v) is 4.61. The molecule has 0 bridgehead atoms. The largest absolute Gasteiger partial charge is 0.317 e. The first kappa shape index (κ1) is 14.4. The lowest BCUT2D eigenvalue weighted by Gasteiger charge is -2.22. The molecule has 0 spiro atoms. The molecule has 1 fully saturated rings. The van der Waals surface area contributed by atoms with Gasteiger partial charge in [0.05, 0.1) is 0 Å². The topological polar surface area (TPSA) is 37.8 Å². The lowest BCUT2D eigenvalue weighted by molar-refractivity contribution is 0.443. The molecular weight excluding hydrogens is 234 g/mol. The van der Waals surface area contributed by atoms with Gasteiger partial charge in [0.2, 0.25) is 0 Å². The highest BCUT2D eigenvalue weighted by atomic mass is 35.5. The van der Waals surface area contributed by atoms with Crippen molar-refractivity contribution in [3.8, 4) is 0 Å². The summed E-state index contributed by atoms with van der Waals surface area (Å²) in [7, 11) is 0. The Balaban J connectivity index is 0.00000144. The van der Waals surface area contributed by atoms with Crippen LogP contribution in [0.4, 0.5) is 0 Å². The second kappa shape index (κ2) is 6.31. The highest BCUT2D eigenvalue weighted by Crippen LogP contribution is 2.23. The van der Waals surface area contributed by atoms with E-state index >= 15 is 0 Å². The third-order valence-electron chi connectivity index (χ3n) is 3.50. The number of aromatic nitrogens is 2. The Bertz CT molecular complexity index is 350. The molecule has 3 nitrogen and oxygen atoms in total. The van der Waals surface area contributed by atoms with Crippen molar-refractivity contribution < 1.29 is 0 Å². The molecule has 1 aliphatic rings. The normalized spacial score (nSPS) is 16.6. The van der Waals surface area contributed by atoms with E-state index in [0.717, 1.165) is 25.3 Å². The summed E-state index contributed by atoms with van der Waals surface area (Å²) in [5.74, 6) is 1.62. The van der Waals surface area contributed by atoms with Gasteiger partial charge in [-0.25, -0.2) is 9.97 Å². The molecule has 2 rings (SSSR count). The van der Waals surface area contributed by atoms with E-state index in [1.54, 1.807) is 0 Å². The maximum absolute atomic E-state index is 4.69. The zero-order valence-electron chi connectivity index (χ0n) is 10.9. The van der Waals surface area contributed by atoms with Gasteiger partial charge < -0.3 is 5.32 Å². The molecule has 1 N–H and O–H groups in total. The van der Waals surface area contributed by atoms with Crippen LogP contribution in [0.5, 0.6) is 0 Å². The van der Waals surface area contributed by atoms with Crippen LogP contribution in [-0.4, -0.2) is 23.1 Å². The van der Waals surface area contributed by atoms with Gasteiger partial charge in [0.15, 0.2) is 0 Å². The molecule has 4 heteroatoms. The van der Waals surface area contributed by atoms with Crippen LogP contribution in [0.25, 0.3) is 0 Å². The summed E-state index contributed by atoms with van der Waals surface area (Å²) >= 11 is 0. The van der Waals surface area contributed by atoms with Crippen LogP contribution >= 0.6 is 12.4 Å². The van der Waals surface area contributed by atoms with Crippen LogP contribution in [0.1, 0.15) is 48.5 Å². The number of halogens is 1. The summed E-state index contributed by atoms with van der Waals surface area (Å²) in [5.41, 5.74) is 3.66. The van der Waals surface area contributed by atoms with Crippen molar-refractivity contribution in [1.82, 2.24) is 15.3 Å². The molecular formula is C13H22ClN3. The zero-order valence-corrected chi connectivity index (χ0v) is 11.7. The van der Waals surface area contributed by atoms with Gasteiger partial charge in [-0.05, 0) is 51.8 Å². The van der Waals surface area contributed by atoms with E-state index in [-0.39, 0.29) is 12.4 Å². The van der Waals surface area contributed by atoms with E-state index in [9.17, 15) is 0 Å². The van der Waals surface area contributed by atoms with Gasteiger partial charge in [-0.15, -0.1) is 12.4 Å². The van der Waals surface area contributed by atoms with Crippen molar-refractivity contribution >= 4 is 12.4 Å². The smallest absolute Gasteiger partial charge is 0.132 e. The third-order valence-corrected chi connectivity index (χ3v) is 3.50. The highest BCUT2D eigenvalue weighted by Gasteiger charge is 2.19. The predicted octanol–water partition coefficient (Wildman–Crippen LogP) is 2.54. The zero-order chi connectivity index (χ0) is 11.5. The number of hydrogen-bond donors (Lipinski definition) is 1. The van der Waals surface area contributed by atoms with E-state index in [1.807, 2.05) is 0 Å². The van der Waals surface area contributed by atoms with E-state index in [0.29, 0.717) is 5.92 Å². The molecule has 0 aliphatic carbocycles. The first-order valence-electron chi connectivity index (χ1n) is 6.27. The van der Waals surface area contributed by atoms with E-state index in [1.165, 1.54) is 29.8 Å². The van der Waals surface area contributed by atoms with Crippen LogP contribution in [-0.2, 0) is 6.42 Å². The van der Waals surface area contributed by atoms with Crippen molar-refractivity contribution in [2.75, 3.05) is 13.1 Å². The second-order valence-electron chi connectivity index (χ2n) is 4.61. The molecule has 1 aromatic rings.